The molecular formula is C22H22Cl2FN5O2. The maximum absolute atomic E-state index is 14.3. The molecular weight excluding hydrogens is 456 g/mol. The summed E-state index contributed by atoms with van der Waals surface area (Å²) in [4.78, 5) is 30.3. The number of likely N-dealkylation sites (tertiary alicyclic amines) is 1. The van der Waals surface area contributed by atoms with E-state index in [9.17, 15) is 14.0 Å². The van der Waals surface area contributed by atoms with Crippen molar-refractivity contribution >= 4 is 40.6 Å². The third-order valence-corrected chi connectivity index (χ3v) is 6.24. The van der Waals surface area contributed by atoms with Gasteiger partial charge in [0, 0.05) is 24.5 Å². The zero-order valence-electron chi connectivity index (χ0n) is 17.4. The monoisotopic (exact) mass is 477 g/mol. The second-order valence-corrected chi connectivity index (χ2v) is 8.82. The standard InChI is InChI=1S/C22H22Cl2FN5O2/c1-29-6-4-13(5-7-29)11-30-12-15(10-27-30)28-22(32)18-8-14(9-26-18)21(31)19-16(23)2-3-17(24)20(19)25/h2-3,8-10,12-13,26H,4-7,11H2,1H3,(H,28,32). The number of hydrogen-bond acceptors (Lipinski definition) is 4. The Balaban J connectivity index is 1.41. The number of hydrogen-bond donors (Lipinski definition) is 2. The molecule has 0 radical (unpaired) electrons. The van der Waals surface area contributed by atoms with Crippen molar-refractivity contribution in [2.75, 3.05) is 25.5 Å². The van der Waals surface area contributed by atoms with E-state index < -0.39 is 17.5 Å². The summed E-state index contributed by atoms with van der Waals surface area (Å²) in [6.45, 7) is 2.96. The molecule has 2 aromatic heterocycles. The van der Waals surface area contributed by atoms with Crippen LogP contribution in [0.25, 0.3) is 0 Å². The molecule has 3 aromatic rings. The van der Waals surface area contributed by atoms with E-state index in [1.165, 1.54) is 24.4 Å². The summed E-state index contributed by atoms with van der Waals surface area (Å²) < 4.78 is 16.1. The average Bonchev–Trinajstić information content (AvgIpc) is 3.42. The van der Waals surface area contributed by atoms with Gasteiger partial charge in [-0.15, -0.1) is 0 Å². The number of rotatable bonds is 6. The lowest BCUT2D eigenvalue weighted by Crippen LogP contribution is -2.31. The van der Waals surface area contributed by atoms with E-state index in [2.05, 4.69) is 27.3 Å². The summed E-state index contributed by atoms with van der Waals surface area (Å²) in [5.74, 6) is -1.45. The largest absolute Gasteiger partial charge is 0.356 e. The van der Waals surface area contributed by atoms with Gasteiger partial charge in [-0.25, -0.2) is 4.39 Å². The van der Waals surface area contributed by atoms with Crippen molar-refractivity contribution in [2.45, 2.75) is 19.4 Å². The number of amides is 1. The van der Waals surface area contributed by atoms with E-state index >= 15 is 0 Å². The lowest BCUT2D eigenvalue weighted by Gasteiger charge is -2.28. The summed E-state index contributed by atoms with van der Waals surface area (Å²) in [6, 6.07) is 3.97. The SMILES string of the molecule is CN1CCC(Cn2cc(NC(=O)c3cc(C(=O)c4c(Cl)ccc(Cl)c4F)c[nH]3)cn2)CC1. The number of benzene rings is 1. The molecule has 1 amide bonds. The second-order valence-electron chi connectivity index (χ2n) is 8.00. The highest BCUT2D eigenvalue weighted by molar-refractivity contribution is 6.37. The lowest BCUT2D eigenvalue weighted by atomic mass is 9.97. The third kappa shape index (κ3) is 4.87. The third-order valence-electron chi connectivity index (χ3n) is 5.64. The molecule has 0 bridgehead atoms. The number of aromatic nitrogens is 3. The van der Waals surface area contributed by atoms with Crippen LogP contribution in [0, 0.1) is 11.7 Å². The molecule has 0 saturated carbocycles. The first-order chi connectivity index (χ1) is 15.3. The Hall–Kier alpha value is -2.68. The van der Waals surface area contributed by atoms with Crippen LogP contribution in [0.15, 0.2) is 36.8 Å². The van der Waals surface area contributed by atoms with Crippen molar-refractivity contribution in [3.8, 4) is 0 Å². The number of anilines is 1. The van der Waals surface area contributed by atoms with E-state index in [1.807, 2.05) is 4.68 Å². The molecule has 168 valence electrons. The molecule has 0 spiro atoms. The second kappa shape index (κ2) is 9.44. The fourth-order valence-corrected chi connectivity index (χ4v) is 4.16. The van der Waals surface area contributed by atoms with Crippen LogP contribution in [0.5, 0.6) is 0 Å². The van der Waals surface area contributed by atoms with Gasteiger partial charge in [0.1, 0.15) is 5.69 Å². The van der Waals surface area contributed by atoms with Crippen LogP contribution in [0.3, 0.4) is 0 Å². The number of ketones is 1. The fraction of sp³-hybridized carbons (Fsp3) is 0.318. The Morgan fingerprint density at radius 2 is 1.97 bits per heavy atom. The van der Waals surface area contributed by atoms with Crippen molar-refractivity contribution < 1.29 is 14.0 Å². The van der Waals surface area contributed by atoms with Crippen molar-refractivity contribution in [3.63, 3.8) is 0 Å². The average molecular weight is 478 g/mol. The first-order valence-corrected chi connectivity index (χ1v) is 11.0. The Morgan fingerprint density at radius 3 is 2.72 bits per heavy atom. The molecule has 1 saturated heterocycles. The Morgan fingerprint density at radius 1 is 1.25 bits per heavy atom. The van der Waals surface area contributed by atoms with Gasteiger partial charge in [-0.3, -0.25) is 14.3 Å². The number of piperidine rings is 1. The van der Waals surface area contributed by atoms with Gasteiger partial charge in [0.05, 0.1) is 27.5 Å². The van der Waals surface area contributed by atoms with E-state index in [-0.39, 0.29) is 26.9 Å². The molecule has 3 heterocycles. The molecule has 1 aliphatic rings. The summed E-state index contributed by atoms with van der Waals surface area (Å²) in [7, 11) is 2.12. The lowest BCUT2D eigenvalue weighted by molar-refractivity contribution is 0.102. The highest BCUT2D eigenvalue weighted by Crippen LogP contribution is 2.28. The number of aromatic amines is 1. The first-order valence-electron chi connectivity index (χ1n) is 10.2. The van der Waals surface area contributed by atoms with Crippen molar-refractivity contribution in [1.29, 1.82) is 0 Å². The van der Waals surface area contributed by atoms with E-state index in [4.69, 9.17) is 23.2 Å². The summed E-state index contributed by atoms with van der Waals surface area (Å²) in [5.41, 5.74) is 0.459. The number of carbonyl (C=O) groups is 2. The van der Waals surface area contributed by atoms with Gasteiger partial charge in [-0.05, 0) is 57.1 Å². The topological polar surface area (TPSA) is 83.0 Å². The highest BCUT2D eigenvalue weighted by atomic mass is 35.5. The molecule has 0 atom stereocenters. The van der Waals surface area contributed by atoms with E-state index in [0.717, 1.165) is 32.5 Å². The maximum atomic E-state index is 14.3. The van der Waals surface area contributed by atoms with Gasteiger partial charge in [-0.1, -0.05) is 23.2 Å². The minimum absolute atomic E-state index is 0.0545. The van der Waals surface area contributed by atoms with Crippen LogP contribution < -0.4 is 5.32 Å². The fourth-order valence-electron chi connectivity index (χ4n) is 3.77. The Labute approximate surface area is 194 Å². The Kier molecular flexibility index (Phi) is 6.64. The molecule has 7 nitrogen and oxygen atoms in total. The predicted molar refractivity (Wildman–Crippen MR) is 121 cm³/mol. The van der Waals surface area contributed by atoms with Gasteiger partial charge in [0.25, 0.3) is 5.91 Å². The zero-order valence-corrected chi connectivity index (χ0v) is 18.9. The molecule has 32 heavy (non-hydrogen) atoms. The van der Waals surface area contributed by atoms with Crippen LogP contribution in [-0.4, -0.2) is 51.5 Å². The van der Waals surface area contributed by atoms with Gasteiger partial charge in [-0.2, -0.15) is 5.10 Å². The number of carbonyl (C=O) groups excluding carboxylic acids is 2. The predicted octanol–water partition coefficient (Wildman–Crippen LogP) is 4.48. The van der Waals surface area contributed by atoms with Gasteiger partial charge in [0.15, 0.2) is 11.6 Å². The Bertz CT molecular complexity index is 1150. The van der Waals surface area contributed by atoms with E-state index in [1.54, 1.807) is 12.4 Å². The van der Waals surface area contributed by atoms with Crippen LogP contribution in [-0.2, 0) is 6.54 Å². The summed E-state index contributed by atoms with van der Waals surface area (Å²) in [5, 5.41) is 6.82. The number of halogens is 3. The van der Waals surface area contributed by atoms with Crippen LogP contribution in [0.2, 0.25) is 10.0 Å². The molecule has 1 aromatic carbocycles. The van der Waals surface area contributed by atoms with Crippen molar-refractivity contribution in [1.82, 2.24) is 19.7 Å². The molecule has 10 heteroatoms. The van der Waals surface area contributed by atoms with Crippen LogP contribution in [0.1, 0.15) is 39.3 Å². The van der Waals surface area contributed by atoms with Crippen LogP contribution in [0.4, 0.5) is 10.1 Å². The molecule has 2 N–H and O–H groups in total. The summed E-state index contributed by atoms with van der Waals surface area (Å²) in [6.07, 6.45) is 6.94. The van der Waals surface area contributed by atoms with Gasteiger partial charge in [0.2, 0.25) is 0 Å². The number of H-pyrrole nitrogens is 1. The van der Waals surface area contributed by atoms with Crippen LogP contribution >= 0.6 is 23.2 Å². The molecule has 4 rings (SSSR count). The zero-order chi connectivity index (χ0) is 22.8. The molecule has 0 aliphatic carbocycles. The number of nitrogens with one attached hydrogen (secondary N) is 2. The molecule has 1 fully saturated rings. The minimum Gasteiger partial charge on any atom is -0.356 e. The van der Waals surface area contributed by atoms with Crippen molar-refractivity contribution in [3.05, 3.63) is 69.5 Å². The molecule has 1 aliphatic heterocycles. The molecule has 0 unspecified atom stereocenters. The highest BCUT2D eigenvalue weighted by Gasteiger charge is 2.22. The van der Waals surface area contributed by atoms with Gasteiger partial charge >= 0.3 is 0 Å². The van der Waals surface area contributed by atoms with E-state index in [0.29, 0.717) is 11.6 Å². The van der Waals surface area contributed by atoms with Gasteiger partial charge < -0.3 is 15.2 Å². The normalized spacial score (nSPS) is 15.1. The van der Waals surface area contributed by atoms with Crippen molar-refractivity contribution in [2.24, 2.45) is 5.92 Å². The first kappa shape index (κ1) is 22.5. The smallest absolute Gasteiger partial charge is 0.272 e. The number of nitrogens with zero attached hydrogens (tertiary/aromatic N) is 3. The minimum atomic E-state index is -0.895. The summed E-state index contributed by atoms with van der Waals surface area (Å²) >= 11 is 11.7. The maximum Gasteiger partial charge on any atom is 0.272 e. The quantitative estimate of drug-likeness (QED) is 0.404.